The average molecular weight is 315 g/mol. The van der Waals surface area contributed by atoms with Crippen molar-refractivity contribution in [2.24, 2.45) is 16.8 Å². The Kier molecular flexibility index (Phi) is 4.51. The molecule has 2 rings (SSSR count). The minimum Gasteiger partial charge on any atom is -0.375 e. The van der Waals surface area contributed by atoms with E-state index >= 15 is 0 Å². The molecule has 114 valence electrons. The maximum absolute atomic E-state index is 12.8. The summed E-state index contributed by atoms with van der Waals surface area (Å²) in [5, 5.41) is 5.91. The van der Waals surface area contributed by atoms with E-state index in [1.54, 1.807) is 6.07 Å². The molecule has 1 aromatic carbocycles. The van der Waals surface area contributed by atoms with E-state index < -0.39 is 11.7 Å². The third-order valence-electron chi connectivity index (χ3n) is 3.39. The van der Waals surface area contributed by atoms with Crippen LogP contribution in [0.4, 0.5) is 13.2 Å². The van der Waals surface area contributed by atoms with Gasteiger partial charge in [-0.15, -0.1) is 0 Å². The van der Waals surface area contributed by atoms with Gasteiger partial charge in [-0.1, -0.05) is 25.5 Å². The highest BCUT2D eigenvalue weighted by Crippen LogP contribution is 2.31. The number of hydrogen-bond donors (Lipinski definition) is 1. The molecule has 7 heteroatoms. The van der Waals surface area contributed by atoms with Crippen LogP contribution in [0, 0.1) is 5.92 Å². The van der Waals surface area contributed by atoms with Crippen molar-refractivity contribution in [1.29, 1.82) is 0 Å². The first-order valence-electron chi connectivity index (χ1n) is 6.66. The highest BCUT2D eigenvalue weighted by atomic mass is 32.1. The van der Waals surface area contributed by atoms with Crippen molar-refractivity contribution in [3.63, 3.8) is 0 Å². The van der Waals surface area contributed by atoms with Crippen molar-refractivity contribution in [1.82, 2.24) is 5.01 Å². The highest BCUT2D eigenvalue weighted by molar-refractivity contribution is 7.80. The van der Waals surface area contributed by atoms with Crippen LogP contribution in [0.15, 0.2) is 29.4 Å². The predicted molar refractivity (Wildman–Crippen MR) is 79.9 cm³/mol. The molecule has 0 fully saturated rings. The second-order valence-corrected chi connectivity index (χ2v) is 5.39. The van der Waals surface area contributed by atoms with Crippen LogP contribution in [0.3, 0.4) is 0 Å². The monoisotopic (exact) mass is 315 g/mol. The Balaban J connectivity index is 2.38. The standard InChI is InChI=1S/C14H16F3N3S/c1-2-4-10-8-20(13(18)21)19-12(10)9-5-3-6-11(7-9)14(15,16)17/h3,5-7,10H,2,4,8H2,1H3,(H2,18,21). The van der Waals surface area contributed by atoms with Crippen molar-refractivity contribution in [3.8, 4) is 0 Å². The zero-order valence-corrected chi connectivity index (χ0v) is 12.3. The molecule has 21 heavy (non-hydrogen) atoms. The number of hydrazone groups is 1. The lowest BCUT2D eigenvalue weighted by Gasteiger charge is -2.14. The van der Waals surface area contributed by atoms with E-state index in [0.717, 1.165) is 25.0 Å². The molecule has 1 aliphatic heterocycles. The summed E-state index contributed by atoms with van der Waals surface area (Å²) >= 11 is 4.90. The summed E-state index contributed by atoms with van der Waals surface area (Å²) in [5.74, 6) is 0.0417. The maximum atomic E-state index is 12.8. The summed E-state index contributed by atoms with van der Waals surface area (Å²) in [4.78, 5) is 0. The van der Waals surface area contributed by atoms with E-state index in [0.29, 0.717) is 17.8 Å². The molecule has 0 amide bonds. The van der Waals surface area contributed by atoms with E-state index in [4.69, 9.17) is 18.0 Å². The molecule has 0 saturated carbocycles. The Bertz CT molecular complexity index is 569. The number of benzene rings is 1. The van der Waals surface area contributed by atoms with Crippen LogP contribution in [0.5, 0.6) is 0 Å². The first-order chi connectivity index (χ1) is 9.82. The zero-order valence-electron chi connectivity index (χ0n) is 11.5. The van der Waals surface area contributed by atoms with Gasteiger partial charge in [0.05, 0.1) is 17.8 Å². The van der Waals surface area contributed by atoms with Gasteiger partial charge in [-0.3, -0.25) is 0 Å². The molecule has 1 aliphatic rings. The quantitative estimate of drug-likeness (QED) is 0.869. The third-order valence-corrected chi connectivity index (χ3v) is 3.60. The van der Waals surface area contributed by atoms with Gasteiger partial charge >= 0.3 is 6.18 Å². The number of nitrogens with two attached hydrogens (primary N) is 1. The Hall–Kier alpha value is -1.63. The van der Waals surface area contributed by atoms with E-state index in [1.165, 1.54) is 11.1 Å². The molecule has 0 spiro atoms. The second-order valence-electron chi connectivity index (χ2n) is 4.97. The van der Waals surface area contributed by atoms with Gasteiger partial charge in [-0.05, 0) is 36.3 Å². The molecule has 0 radical (unpaired) electrons. The van der Waals surface area contributed by atoms with Crippen LogP contribution >= 0.6 is 12.2 Å². The van der Waals surface area contributed by atoms with Gasteiger partial charge < -0.3 is 5.73 Å². The number of thiocarbonyl (C=S) groups is 1. The molecule has 0 saturated heterocycles. The lowest BCUT2D eigenvalue weighted by Crippen LogP contribution is -2.30. The molecular weight excluding hydrogens is 299 g/mol. The molecule has 1 aromatic rings. The molecular formula is C14H16F3N3S. The lowest BCUT2D eigenvalue weighted by molar-refractivity contribution is -0.137. The lowest BCUT2D eigenvalue weighted by atomic mass is 9.92. The van der Waals surface area contributed by atoms with Crippen molar-refractivity contribution in [3.05, 3.63) is 35.4 Å². The molecule has 0 bridgehead atoms. The normalized spacial score (nSPS) is 18.8. The fraction of sp³-hybridized carbons (Fsp3) is 0.429. The van der Waals surface area contributed by atoms with Gasteiger partial charge in [0.2, 0.25) is 0 Å². The Morgan fingerprint density at radius 1 is 1.48 bits per heavy atom. The minimum atomic E-state index is -4.36. The fourth-order valence-corrected chi connectivity index (χ4v) is 2.53. The zero-order chi connectivity index (χ0) is 15.6. The first-order valence-corrected chi connectivity index (χ1v) is 7.07. The van der Waals surface area contributed by atoms with Gasteiger partial charge in [0, 0.05) is 5.92 Å². The fourth-order valence-electron chi connectivity index (χ4n) is 2.41. The Morgan fingerprint density at radius 2 is 2.19 bits per heavy atom. The second kappa shape index (κ2) is 6.01. The largest absolute Gasteiger partial charge is 0.416 e. The summed E-state index contributed by atoms with van der Waals surface area (Å²) in [6, 6.07) is 5.22. The Morgan fingerprint density at radius 3 is 2.76 bits per heavy atom. The van der Waals surface area contributed by atoms with Crippen LogP contribution in [0.2, 0.25) is 0 Å². The van der Waals surface area contributed by atoms with Crippen LogP contribution in [-0.2, 0) is 6.18 Å². The minimum absolute atomic E-state index is 0.0417. The van der Waals surface area contributed by atoms with E-state index in [2.05, 4.69) is 5.10 Å². The van der Waals surface area contributed by atoms with Gasteiger partial charge in [-0.25, -0.2) is 5.01 Å². The topological polar surface area (TPSA) is 41.6 Å². The summed E-state index contributed by atoms with van der Waals surface area (Å²) in [5.41, 5.74) is 5.99. The molecule has 1 unspecified atom stereocenters. The summed E-state index contributed by atoms with van der Waals surface area (Å²) < 4.78 is 38.4. The van der Waals surface area contributed by atoms with Gasteiger partial charge in [0.15, 0.2) is 5.11 Å². The van der Waals surface area contributed by atoms with Crippen molar-refractivity contribution in [2.75, 3.05) is 6.54 Å². The van der Waals surface area contributed by atoms with Crippen LogP contribution < -0.4 is 5.73 Å². The number of hydrogen-bond acceptors (Lipinski definition) is 2. The summed E-state index contributed by atoms with van der Waals surface area (Å²) in [6.45, 7) is 2.54. The van der Waals surface area contributed by atoms with Crippen molar-refractivity contribution < 1.29 is 13.2 Å². The summed E-state index contributed by atoms with van der Waals surface area (Å²) in [6.07, 6.45) is -2.62. The Labute approximate surface area is 126 Å². The van der Waals surface area contributed by atoms with E-state index in [1.807, 2.05) is 6.92 Å². The van der Waals surface area contributed by atoms with Crippen LogP contribution in [0.1, 0.15) is 30.9 Å². The van der Waals surface area contributed by atoms with Gasteiger partial charge in [0.1, 0.15) is 0 Å². The van der Waals surface area contributed by atoms with Gasteiger partial charge in [-0.2, -0.15) is 18.3 Å². The van der Waals surface area contributed by atoms with E-state index in [-0.39, 0.29) is 11.0 Å². The molecule has 2 N–H and O–H groups in total. The van der Waals surface area contributed by atoms with E-state index in [9.17, 15) is 13.2 Å². The van der Waals surface area contributed by atoms with Crippen molar-refractivity contribution in [2.45, 2.75) is 25.9 Å². The predicted octanol–water partition coefficient (Wildman–Crippen LogP) is 3.39. The highest BCUT2D eigenvalue weighted by Gasteiger charge is 2.33. The van der Waals surface area contributed by atoms with Crippen LogP contribution in [0.25, 0.3) is 0 Å². The number of alkyl halides is 3. The number of rotatable bonds is 3. The molecule has 1 heterocycles. The first kappa shape index (κ1) is 15.8. The molecule has 0 aromatic heterocycles. The third kappa shape index (κ3) is 3.53. The van der Waals surface area contributed by atoms with Crippen molar-refractivity contribution >= 4 is 23.0 Å². The SMILES string of the molecule is CCCC1CN(C(N)=S)N=C1c1cccc(C(F)(F)F)c1. The molecule has 1 atom stereocenters. The smallest absolute Gasteiger partial charge is 0.375 e. The average Bonchev–Trinajstić information content (AvgIpc) is 2.83. The molecule has 3 nitrogen and oxygen atoms in total. The maximum Gasteiger partial charge on any atom is 0.416 e. The van der Waals surface area contributed by atoms with Crippen LogP contribution in [-0.4, -0.2) is 22.4 Å². The van der Waals surface area contributed by atoms with Gasteiger partial charge in [0.25, 0.3) is 0 Å². The number of nitrogens with zero attached hydrogens (tertiary/aromatic N) is 2. The number of halogens is 3. The summed E-state index contributed by atoms with van der Waals surface area (Å²) in [7, 11) is 0. The molecule has 0 aliphatic carbocycles.